The largest absolute Gasteiger partial charge is 0.336 e. The standard InChI is InChI=1S/C14H17ClN2O3/c1-10(18)3-8-14(20)17(2)9-13(19)16-12-6-4-11(15)5-7-12/h4-7H,3,8-9H2,1-2H3,(H,16,19). The first-order valence-electron chi connectivity index (χ1n) is 6.17. The molecule has 0 radical (unpaired) electrons. The van der Waals surface area contributed by atoms with Crippen LogP contribution in [-0.2, 0) is 14.4 Å². The number of amides is 2. The summed E-state index contributed by atoms with van der Waals surface area (Å²) in [4.78, 5) is 35.5. The number of nitrogens with one attached hydrogen (secondary N) is 1. The van der Waals surface area contributed by atoms with Gasteiger partial charge in [0.15, 0.2) is 0 Å². The van der Waals surface area contributed by atoms with Crippen molar-refractivity contribution in [2.75, 3.05) is 18.9 Å². The molecule has 0 bridgehead atoms. The van der Waals surface area contributed by atoms with Gasteiger partial charge in [-0.1, -0.05) is 11.6 Å². The Morgan fingerprint density at radius 1 is 1.15 bits per heavy atom. The molecule has 1 rings (SSSR count). The number of rotatable bonds is 6. The van der Waals surface area contributed by atoms with Gasteiger partial charge < -0.3 is 15.0 Å². The Hall–Kier alpha value is -1.88. The number of carbonyl (C=O) groups is 3. The third kappa shape index (κ3) is 5.84. The fraction of sp³-hybridized carbons (Fsp3) is 0.357. The van der Waals surface area contributed by atoms with E-state index in [-0.39, 0.29) is 37.0 Å². The molecule has 0 aliphatic heterocycles. The van der Waals surface area contributed by atoms with Gasteiger partial charge in [-0.05, 0) is 31.2 Å². The van der Waals surface area contributed by atoms with Crippen LogP contribution in [-0.4, -0.2) is 36.1 Å². The minimum atomic E-state index is -0.300. The van der Waals surface area contributed by atoms with Gasteiger partial charge in [0.2, 0.25) is 11.8 Å². The maximum absolute atomic E-state index is 11.7. The Kier molecular flexibility index (Phi) is 6.18. The van der Waals surface area contributed by atoms with Crippen molar-refractivity contribution in [1.29, 1.82) is 0 Å². The molecule has 1 aromatic rings. The highest BCUT2D eigenvalue weighted by atomic mass is 35.5. The molecule has 20 heavy (non-hydrogen) atoms. The highest BCUT2D eigenvalue weighted by molar-refractivity contribution is 6.30. The smallest absolute Gasteiger partial charge is 0.243 e. The Morgan fingerprint density at radius 2 is 1.75 bits per heavy atom. The van der Waals surface area contributed by atoms with Crippen molar-refractivity contribution in [3.8, 4) is 0 Å². The molecule has 0 spiro atoms. The molecule has 0 aromatic heterocycles. The lowest BCUT2D eigenvalue weighted by Crippen LogP contribution is -2.35. The lowest BCUT2D eigenvalue weighted by molar-refractivity contribution is -0.134. The summed E-state index contributed by atoms with van der Waals surface area (Å²) in [6.45, 7) is 1.37. The number of Topliss-reactive ketones (excluding diaryl/α,β-unsaturated/α-hetero) is 1. The number of benzene rings is 1. The average Bonchev–Trinajstić information content (AvgIpc) is 2.38. The first kappa shape index (κ1) is 16.2. The van der Waals surface area contributed by atoms with Crippen LogP contribution in [0.4, 0.5) is 5.69 Å². The molecular weight excluding hydrogens is 280 g/mol. The van der Waals surface area contributed by atoms with Gasteiger partial charge in [0.05, 0.1) is 6.54 Å². The summed E-state index contributed by atoms with van der Waals surface area (Å²) < 4.78 is 0. The van der Waals surface area contributed by atoms with E-state index in [1.54, 1.807) is 24.3 Å². The number of carbonyl (C=O) groups excluding carboxylic acids is 3. The van der Waals surface area contributed by atoms with Crippen molar-refractivity contribution >= 4 is 34.9 Å². The summed E-state index contributed by atoms with van der Waals surface area (Å²) in [5.41, 5.74) is 0.615. The number of anilines is 1. The van der Waals surface area contributed by atoms with E-state index in [4.69, 9.17) is 11.6 Å². The number of halogens is 1. The number of nitrogens with zero attached hydrogens (tertiary/aromatic N) is 1. The number of ketones is 1. The maximum Gasteiger partial charge on any atom is 0.243 e. The topological polar surface area (TPSA) is 66.5 Å². The summed E-state index contributed by atoms with van der Waals surface area (Å²) in [6.07, 6.45) is 0.321. The fourth-order valence-electron chi connectivity index (χ4n) is 1.51. The summed E-state index contributed by atoms with van der Waals surface area (Å²) in [5, 5.41) is 3.24. The molecule has 0 aliphatic carbocycles. The lowest BCUT2D eigenvalue weighted by atomic mass is 10.2. The number of likely N-dealkylation sites (N-methyl/N-ethyl adjacent to an activating group) is 1. The maximum atomic E-state index is 11.7. The summed E-state index contributed by atoms with van der Waals surface area (Å²) >= 11 is 5.74. The fourth-order valence-corrected chi connectivity index (χ4v) is 1.64. The van der Waals surface area contributed by atoms with Crippen LogP contribution in [0.5, 0.6) is 0 Å². The van der Waals surface area contributed by atoms with E-state index < -0.39 is 0 Å². The van der Waals surface area contributed by atoms with Crippen LogP contribution >= 0.6 is 11.6 Å². The molecule has 0 atom stereocenters. The number of hydrogen-bond acceptors (Lipinski definition) is 3. The first-order chi connectivity index (χ1) is 9.38. The highest BCUT2D eigenvalue weighted by Gasteiger charge is 2.13. The Morgan fingerprint density at radius 3 is 2.30 bits per heavy atom. The third-order valence-electron chi connectivity index (χ3n) is 2.63. The molecule has 0 saturated carbocycles. The third-order valence-corrected chi connectivity index (χ3v) is 2.88. The van der Waals surface area contributed by atoms with Crippen LogP contribution in [0.25, 0.3) is 0 Å². The van der Waals surface area contributed by atoms with Crippen molar-refractivity contribution in [3.05, 3.63) is 29.3 Å². The van der Waals surface area contributed by atoms with Crippen molar-refractivity contribution in [2.24, 2.45) is 0 Å². The normalized spacial score (nSPS) is 9.95. The van der Waals surface area contributed by atoms with Crippen LogP contribution < -0.4 is 5.32 Å². The second-order valence-electron chi connectivity index (χ2n) is 4.51. The minimum Gasteiger partial charge on any atom is -0.336 e. The second kappa shape index (κ2) is 7.65. The van der Waals surface area contributed by atoms with Crippen LogP contribution in [0.2, 0.25) is 5.02 Å². The van der Waals surface area contributed by atoms with Crippen molar-refractivity contribution < 1.29 is 14.4 Å². The van der Waals surface area contributed by atoms with E-state index in [1.807, 2.05) is 0 Å². The predicted octanol–water partition coefficient (Wildman–Crippen LogP) is 2.11. The molecule has 0 heterocycles. The van der Waals surface area contributed by atoms with E-state index in [0.717, 1.165) is 0 Å². The quantitative estimate of drug-likeness (QED) is 0.874. The van der Waals surface area contributed by atoms with Crippen molar-refractivity contribution in [2.45, 2.75) is 19.8 Å². The lowest BCUT2D eigenvalue weighted by Gasteiger charge is -2.16. The number of hydrogen-bond donors (Lipinski definition) is 1. The van der Waals surface area contributed by atoms with Gasteiger partial charge >= 0.3 is 0 Å². The van der Waals surface area contributed by atoms with Gasteiger partial charge in [0.25, 0.3) is 0 Å². The van der Waals surface area contributed by atoms with Gasteiger partial charge in [0.1, 0.15) is 5.78 Å². The van der Waals surface area contributed by atoms with Crippen molar-refractivity contribution in [1.82, 2.24) is 4.90 Å². The molecule has 0 aliphatic rings. The molecule has 0 fully saturated rings. The highest BCUT2D eigenvalue weighted by Crippen LogP contribution is 2.13. The summed E-state index contributed by atoms with van der Waals surface area (Å²) in [7, 11) is 1.53. The van der Waals surface area contributed by atoms with E-state index in [2.05, 4.69) is 5.32 Å². The Labute approximate surface area is 122 Å². The molecule has 0 unspecified atom stereocenters. The van der Waals surface area contributed by atoms with Crippen LogP contribution in [0.1, 0.15) is 19.8 Å². The zero-order chi connectivity index (χ0) is 15.1. The minimum absolute atomic E-state index is 0.0441. The molecule has 2 amide bonds. The first-order valence-corrected chi connectivity index (χ1v) is 6.55. The molecule has 108 valence electrons. The molecular formula is C14H17ClN2O3. The van der Waals surface area contributed by atoms with Gasteiger partial charge in [-0.25, -0.2) is 0 Å². The van der Waals surface area contributed by atoms with Gasteiger partial charge in [-0.15, -0.1) is 0 Å². The van der Waals surface area contributed by atoms with E-state index in [1.165, 1.54) is 18.9 Å². The monoisotopic (exact) mass is 296 g/mol. The molecule has 1 N–H and O–H groups in total. The summed E-state index contributed by atoms with van der Waals surface area (Å²) in [5.74, 6) is -0.574. The predicted molar refractivity (Wildman–Crippen MR) is 77.6 cm³/mol. The van der Waals surface area contributed by atoms with Crippen molar-refractivity contribution in [3.63, 3.8) is 0 Å². The van der Waals surface area contributed by atoms with Crippen LogP contribution in [0, 0.1) is 0 Å². The van der Waals surface area contributed by atoms with Crippen LogP contribution in [0.15, 0.2) is 24.3 Å². The molecule has 0 saturated heterocycles. The van der Waals surface area contributed by atoms with Gasteiger partial charge in [0, 0.05) is 30.6 Å². The van der Waals surface area contributed by atoms with E-state index in [0.29, 0.717) is 10.7 Å². The van der Waals surface area contributed by atoms with E-state index >= 15 is 0 Å². The molecule has 1 aromatic carbocycles. The zero-order valence-corrected chi connectivity index (χ0v) is 12.2. The van der Waals surface area contributed by atoms with E-state index in [9.17, 15) is 14.4 Å². The Balaban J connectivity index is 2.43. The zero-order valence-electron chi connectivity index (χ0n) is 11.5. The molecule has 6 heteroatoms. The molecule has 5 nitrogen and oxygen atoms in total. The van der Waals surface area contributed by atoms with Gasteiger partial charge in [-0.3, -0.25) is 9.59 Å². The van der Waals surface area contributed by atoms with Crippen LogP contribution in [0.3, 0.4) is 0 Å². The van der Waals surface area contributed by atoms with Gasteiger partial charge in [-0.2, -0.15) is 0 Å². The average molecular weight is 297 g/mol. The SMILES string of the molecule is CC(=O)CCC(=O)N(C)CC(=O)Nc1ccc(Cl)cc1. The second-order valence-corrected chi connectivity index (χ2v) is 4.94. The summed E-state index contributed by atoms with van der Waals surface area (Å²) in [6, 6.07) is 6.69. The Bertz CT molecular complexity index is 500.